The first-order valence-corrected chi connectivity index (χ1v) is 5.54. The number of aromatic amines is 1. The van der Waals surface area contributed by atoms with Gasteiger partial charge in [0.2, 0.25) is 0 Å². The maximum absolute atomic E-state index is 4.25. The molecule has 0 aliphatic rings. The van der Waals surface area contributed by atoms with Crippen LogP contribution in [0.2, 0.25) is 0 Å². The van der Waals surface area contributed by atoms with Crippen molar-refractivity contribution in [1.29, 1.82) is 0 Å². The molecule has 0 unspecified atom stereocenters. The standard InChI is InChI=1S/C11H14N2S/c1-7-8(2)14-9(3)10(7)6-11-12-4-5-13-11/h4-5H,6H2,1-3H3,(H,12,13). The van der Waals surface area contributed by atoms with E-state index in [1.165, 1.54) is 20.9 Å². The van der Waals surface area contributed by atoms with Gasteiger partial charge in [-0.1, -0.05) is 0 Å². The zero-order valence-electron chi connectivity index (χ0n) is 8.72. The number of hydrogen-bond acceptors (Lipinski definition) is 2. The molecule has 0 saturated carbocycles. The monoisotopic (exact) mass is 206 g/mol. The van der Waals surface area contributed by atoms with Crippen molar-refractivity contribution in [2.24, 2.45) is 0 Å². The summed E-state index contributed by atoms with van der Waals surface area (Å²) in [6.07, 6.45) is 4.60. The molecule has 0 aliphatic heterocycles. The average molecular weight is 206 g/mol. The molecule has 2 rings (SSSR count). The summed E-state index contributed by atoms with van der Waals surface area (Å²) in [6.45, 7) is 6.55. The maximum atomic E-state index is 4.25. The van der Waals surface area contributed by atoms with Crippen LogP contribution in [-0.4, -0.2) is 9.97 Å². The predicted octanol–water partition coefficient (Wildman–Crippen LogP) is 2.99. The lowest BCUT2D eigenvalue weighted by Crippen LogP contribution is -1.93. The third kappa shape index (κ3) is 1.60. The molecule has 74 valence electrons. The molecule has 0 bridgehead atoms. The van der Waals surface area contributed by atoms with Crippen molar-refractivity contribution in [3.8, 4) is 0 Å². The second-order valence-corrected chi connectivity index (χ2v) is 4.96. The third-order valence-corrected chi connectivity index (χ3v) is 3.78. The lowest BCUT2D eigenvalue weighted by atomic mass is 10.1. The molecule has 0 amide bonds. The maximum Gasteiger partial charge on any atom is 0.110 e. The molecule has 2 heterocycles. The van der Waals surface area contributed by atoms with E-state index in [2.05, 4.69) is 30.7 Å². The summed E-state index contributed by atoms with van der Waals surface area (Å²) in [6, 6.07) is 0. The summed E-state index contributed by atoms with van der Waals surface area (Å²) in [4.78, 5) is 10.2. The summed E-state index contributed by atoms with van der Waals surface area (Å²) in [5.74, 6) is 1.05. The van der Waals surface area contributed by atoms with Crippen LogP contribution in [0, 0.1) is 20.8 Å². The summed E-state index contributed by atoms with van der Waals surface area (Å²) in [7, 11) is 0. The first-order valence-electron chi connectivity index (χ1n) is 4.72. The van der Waals surface area contributed by atoms with E-state index in [-0.39, 0.29) is 0 Å². The van der Waals surface area contributed by atoms with Crippen molar-refractivity contribution in [3.63, 3.8) is 0 Å². The minimum Gasteiger partial charge on any atom is -0.348 e. The smallest absolute Gasteiger partial charge is 0.110 e. The van der Waals surface area contributed by atoms with Gasteiger partial charge in [-0.25, -0.2) is 4.98 Å². The van der Waals surface area contributed by atoms with Crippen LogP contribution in [0.5, 0.6) is 0 Å². The highest BCUT2D eigenvalue weighted by Crippen LogP contribution is 2.27. The molecular formula is C11H14N2S. The van der Waals surface area contributed by atoms with Gasteiger partial charge in [0.15, 0.2) is 0 Å². The molecule has 0 aliphatic carbocycles. The summed E-state index contributed by atoms with van der Waals surface area (Å²) >= 11 is 1.88. The second-order valence-electron chi connectivity index (χ2n) is 3.53. The Morgan fingerprint density at radius 3 is 2.57 bits per heavy atom. The Balaban J connectivity index is 2.33. The summed E-state index contributed by atoms with van der Waals surface area (Å²) < 4.78 is 0. The number of rotatable bonds is 2. The van der Waals surface area contributed by atoms with Crippen molar-refractivity contribution in [2.75, 3.05) is 0 Å². The minimum absolute atomic E-state index is 0.926. The number of aryl methyl sites for hydroxylation is 2. The quantitative estimate of drug-likeness (QED) is 0.804. The molecule has 0 radical (unpaired) electrons. The van der Waals surface area contributed by atoms with Gasteiger partial charge in [0.1, 0.15) is 5.82 Å². The fourth-order valence-electron chi connectivity index (χ4n) is 1.66. The van der Waals surface area contributed by atoms with Crippen LogP contribution in [0.1, 0.15) is 26.7 Å². The molecule has 1 N–H and O–H groups in total. The lowest BCUT2D eigenvalue weighted by Gasteiger charge is -1.99. The van der Waals surface area contributed by atoms with Gasteiger partial charge < -0.3 is 4.98 Å². The molecule has 0 atom stereocenters. The van der Waals surface area contributed by atoms with Crippen molar-refractivity contribution < 1.29 is 0 Å². The van der Waals surface area contributed by atoms with Gasteiger partial charge >= 0.3 is 0 Å². The Hall–Kier alpha value is -1.09. The number of imidazole rings is 1. The van der Waals surface area contributed by atoms with Gasteiger partial charge in [0, 0.05) is 28.6 Å². The topological polar surface area (TPSA) is 28.7 Å². The van der Waals surface area contributed by atoms with Gasteiger partial charge in [-0.05, 0) is 31.9 Å². The average Bonchev–Trinajstić information content (AvgIpc) is 2.71. The molecule has 2 aromatic rings. The molecule has 2 nitrogen and oxygen atoms in total. The van der Waals surface area contributed by atoms with Gasteiger partial charge in [0.25, 0.3) is 0 Å². The van der Waals surface area contributed by atoms with E-state index in [4.69, 9.17) is 0 Å². The fraction of sp³-hybridized carbons (Fsp3) is 0.364. The van der Waals surface area contributed by atoms with Gasteiger partial charge in [0.05, 0.1) is 0 Å². The molecular weight excluding hydrogens is 192 g/mol. The van der Waals surface area contributed by atoms with E-state index >= 15 is 0 Å². The SMILES string of the molecule is Cc1sc(C)c(Cc2ncc[nH]2)c1C. The molecule has 0 spiro atoms. The van der Waals surface area contributed by atoms with E-state index in [9.17, 15) is 0 Å². The first kappa shape index (κ1) is 9.46. The number of nitrogens with one attached hydrogen (secondary N) is 1. The van der Waals surface area contributed by atoms with Crippen molar-refractivity contribution in [1.82, 2.24) is 9.97 Å². The van der Waals surface area contributed by atoms with Crippen molar-refractivity contribution in [3.05, 3.63) is 39.1 Å². The number of H-pyrrole nitrogens is 1. The van der Waals surface area contributed by atoms with Crippen LogP contribution in [-0.2, 0) is 6.42 Å². The van der Waals surface area contributed by atoms with Crippen LogP contribution >= 0.6 is 11.3 Å². The Morgan fingerprint density at radius 1 is 1.29 bits per heavy atom. The Morgan fingerprint density at radius 2 is 2.07 bits per heavy atom. The molecule has 14 heavy (non-hydrogen) atoms. The molecule has 0 saturated heterocycles. The predicted molar refractivity (Wildman–Crippen MR) is 59.9 cm³/mol. The van der Waals surface area contributed by atoms with Gasteiger partial charge in [-0.3, -0.25) is 0 Å². The van der Waals surface area contributed by atoms with Crippen LogP contribution in [0.4, 0.5) is 0 Å². The minimum atomic E-state index is 0.926. The Bertz CT molecular complexity index is 426. The van der Waals surface area contributed by atoms with E-state index < -0.39 is 0 Å². The second kappa shape index (κ2) is 3.58. The normalized spacial score (nSPS) is 10.8. The fourth-order valence-corrected chi connectivity index (χ4v) is 2.75. The first-order chi connectivity index (χ1) is 6.68. The highest BCUT2D eigenvalue weighted by atomic mass is 32.1. The van der Waals surface area contributed by atoms with Crippen LogP contribution in [0.25, 0.3) is 0 Å². The molecule has 0 aromatic carbocycles. The van der Waals surface area contributed by atoms with Crippen LogP contribution in [0.15, 0.2) is 12.4 Å². The highest BCUT2D eigenvalue weighted by Gasteiger charge is 2.10. The lowest BCUT2D eigenvalue weighted by molar-refractivity contribution is 1.01. The number of hydrogen-bond donors (Lipinski definition) is 1. The number of thiophene rings is 1. The van der Waals surface area contributed by atoms with E-state index in [1.807, 2.05) is 17.5 Å². The zero-order chi connectivity index (χ0) is 10.1. The molecule has 0 fully saturated rings. The summed E-state index contributed by atoms with van der Waals surface area (Å²) in [5, 5.41) is 0. The number of aromatic nitrogens is 2. The highest BCUT2D eigenvalue weighted by molar-refractivity contribution is 7.12. The van der Waals surface area contributed by atoms with Crippen LogP contribution in [0.3, 0.4) is 0 Å². The zero-order valence-corrected chi connectivity index (χ0v) is 9.53. The van der Waals surface area contributed by atoms with E-state index in [1.54, 1.807) is 6.20 Å². The Kier molecular flexibility index (Phi) is 2.42. The molecule has 3 heteroatoms. The van der Waals surface area contributed by atoms with Gasteiger partial charge in [-0.2, -0.15) is 0 Å². The summed E-state index contributed by atoms with van der Waals surface area (Å²) in [5.41, 5.74) is 2.85. The Labute approximate surface area is 88.0 Å². The van der Waals surface area contributed by atoms with Crippen molar-refractivity contribution >= 4 is 11.3 Å². The van der Waals surface area contributed by atoms with Gasteiger partial charge in [-0.15, -0.1) is 11.3 Å². The molecule has 2 aromatic heterocycles. The van der Waals surface area contributed by atoms with Crippen LogP contribution < -0.4 is 0 Å². The van der Waals surface area contributed by atoms with E-state index in [0.29, 0.717) is 0 Å². The largest absolute Gasteiger partial charge is 0.348 e. The van der Waals surface area contributed by atoms with E-state index in [0.717, 1.165) is 12.2 Å². The van der Waals surface area contributed by atoms with Crippen molar-refractivity contribution in [2.45, 2.75) is 27.2 Å². The third-order valence-electron chi connectivity index (χ3n) is 2.61. The number of nitrogens with zero attached hydrogens (tertiary/aromatic N) is 1.